The number of benzene rings is 2. The molecule has 1 aliphatic heterocycles. The van der Waals surface area contributed by atoms with Crippen LogP contribution in [0.2, 0.25) is 0 Å². The van der Waals surface area contributed by atoms with Crippen LogP contribution in [-0.2, 0) is 19.4 Å². The van der Waals surface area contributed by atoms with Crippen molar-refractivity contribution in [3.05, 3.63) is 70.4 Å². The highest BCUT2D eigenvalue weighted by Gasteiger charge is 2.23. The lowest BCUT2D eigenvalue weighted by Crippen LogP contribution is -2.44. The maximum absolute atomic E-state index is 13.1. The summed E-state index contributed by atoms with van der Waals surface area (Å²) in [5.74, 6) is 0.0660. The number of para-hydroxylation sites is 1. The molecule has 0 unspecified atom stereocenters. The molecule has 1 fully saturated rings. The highest BCUT2D eigenvalue weighted by atomic mass is 16.1. The molecule has 1 saturated heterocycles. The summed E-state index contributed by atoms with van der Waals surface area (Å²) in [6, 6.07) is 15.2. The first kappa shape index (κ1) is 19.4. The molecule has 2 N–H and O–H groups in total. The van der Waals surface area contributed by atoms with Gasteiger partial charge in [0, 0.05) is 36.8 Å². The summed E-state index contributed by atoms with van der Waals surface area (Å²) in [5, 5.41) is 4.56. The molecular formula is C26H31N3O. The molecular weight excluding hydrogens is 370 g/mol. The van der Waals surface area contributed by atoms with Crippen LogP contribution in [0.3, 0.4) is 0 Å². The molecule has 2 aliphatic rings. The van der Waals surface area contributed by atoms with Crippen molar-refractivity contribution in [3.8, 4) is 0 Å². The number of carbonyl (C=O) groups excluding carboxylic acids is 1. The summed E-state index contributed by atoms with van der Waals surface area (Å²) in [4.78, 5) is 19.2. The van der Waals surface area contributed by atoms with Gasteiger partial charge in [-0.2, -0.15) is 0 Å². The molecule has 5 rings (SSSR count). The number of amides is 1. The van der Waals surface area contributed by atoms with Gasteiger partial charge in [0.1, 0.15) is 0 Å². The molecule has 1 amide bonds. The maximum atomic E-state index is 13.1. The highest BCUT2D eigenvalue weighted by molar-refractivity contribution is 6.07. The Bertz CT molecular complexity index is 1060. The van der Waals surface area contributed by atoms with E-state index in [0.29, 0.717) is 0 Å². The molecule has 156 valence electrons. The van der Waals surface area contributed by atoms with E-state index in [2.05, 4.69) is 52.5 Å². The van der Waals surface area contributed by atoms with Gasteiger partial charge in [0.05, 0.1) is 11.1 Å². The monoisotopic (exact) mass is 401 g/mol. The van der Waals surface area contributed by atoms with Crippen LogP contribution < -0.4 is 5.32 Å². The number of H-pyrrole nitrogens is 1. The van der Waals surface area contributed by atoms with E-state index in [0.717, 1.165) is 56.4 Å². The van der Waals surface area contributed by atoms with E-state index in [1.54, 1.807) is 0 Å². The molecule has 0 saturated carbocycles. The van der Waals surface area contributed by atoms with Crippen LogP contribution in [-0.4, -0.2) is 34.9 Å². The Hall–Kier alpha value is -2.59. The SMILES string of the molecule is Cc1cccc(CN2CCC(NC(=O)c3cccc4c5c([nH]c34)CCCC5)CC2)c1. The van der Waals surface area contributed by atoms with E-state index < -0.39 is 0 Å². The predicted octanol–water partition coefficient (Wildman–Crippen LogP) is 4.75. The molecule has 30 heavy (non-hydrogen) atoms. The summed E-state index contributed by atoms with van der Waals surface area (Å²) in [6.45, 7) is 5.20. The smallest absolute Gasteiger partial charge is 0.253 e. The third-order valence-electron chi connectivity index (χ3n) is 6.79. The average molecular weight is 402 g/mol. The molecule has 1 aromatic heterocycles. The number of aryl methyl sites for hydroxylation is 3. The van der Waals surface area contributed by atoms with Crippen LogP contribution in [0, 0.1) is 6.92 Å². The number of nitrogens with zero attached hydrogens (tertiary/aromatic N) is 1. The van der Waals surface area contributed by atoms with Crippen LogP contribution in [0.4, 0.5) is 0 Å². The second kappa shape index (κ2) is 8.27. The second-order valence-corrected chi connectivity index (χ2v) is 9.03. The van der Waals surface area contributed by atoms with Crippen LogP contribution >= 0.6 is 0 Å². The van der Waals surface area contributed by atoms with Crippen molar-refractivity contribution < 1.29 is 4.79 Å². The number of hydrogen-bond acceptors (Lipinski definition) is 2. The molecule has 1 aliphatic carbocycles. The minimum Gasteiger partial charge on any atom is -0.358 e. The first-order chi connectivity index (χ1) is 14.7. The summed E-state index contributed by atoms with van der Waals surface area (Å²) in [6.07, 6.45) is 6.73. The Morgan fingerprint density at radius 2 is 1.90 bits per heavy atom. The highest BCUT2D eigenvalue weighted by Crippen LogP contribution is 2.31. The van der Waals surface area contributed by atoms with E-state index in [4.69, 9.17) is 0 Å². The van der Waals surface area contributed by atoms with Crippen molar-refractivity contribution in [3.63, 3.8) is 0 Å². The zero-order valence-corrected chi connectivity index (χ0v) is 17.8. The number of rotatable bonds is 4. The fraction of sp³-hybridized carbons (Fsp3) is 0.423. The Kier molecular flexibility index (Phi) is 5.34. The van der Waals surface area contributed by atoms with Gasteiger partial charge in [-0.3, -0.25) is 9.69 Å². The van der Waals surface area contributed by atoms with Gasteiger partial charge in [-0.05, 0) is 62.6 Å². The van der Waals surface area contributed by atoms with Crippen molar-refractivity contribution in [2.24, 2.45) is 0 Å². The maximum Gasteiger partial charge on any atom is 0.253 e. The molecule has 2 aromatic carbocycles. The van der Waals surface area contributed by atoms with E-state index in [-0.39, 0.29) is 11.9 Å². The standard InChI is InChI=1S/C26H31N3O/c1-18-6-4-7-19(16-18)17-29-14-12-20(13-15-29)27-26(30)23-10-5-9-22-21-8-2-3-11-24(21)28-25(22)23/h4-7,9-10,16,20,28H,2-3,8,11-15,17H2,1H3,(H,27,30). The van der Waals surface area contributed by atoms with Crippen LogP contribution in [0.5, 0.6) is 0 Å². The Labute approximate surface area is 178 Å². The number of piperidine rings is 1. The number of hydrogen-bond donors (Lipinski definition) is 2. The molecule has 2 heterocycles. The molecule has 0 radical (unpaired) electrons. The molecule has 4 nitrogen and oxygen atoms in total. The van der Waals surface area contributed by atoms with E-state index >= 15 is 0 Å². The Morgan fingerprint density at radius 1 is 1.10 bits per heavy atom. The van der Waals surface area contributed by atoms with Gasteiger partial charge in [0.25, 0.3) is 5.91 Å². The third-order valence-corrected chi connectivity index (χ3v) is 6.79. The lowest BCUT2D eigenvalue weighted by atomic mass is 9.95. The number of fused-ring (bicyclic) bond motifs is 3. The number of carbonyl (C=O) groups is 1. The lowest BCUT2D eigenvalue weighted by molar-refractivity contribution is 0.0910. The fourth-order valence-electron chi connectivity index (χ4n) is 5.19. The summed E-state index contributed by atoms with van der Waals surface area (Å²) < 4.78 is 0. The molecule has 4 heteroatoms. The first-order valence-corrected chi connectivity index (χ1v) is 11.4. The molecule has 3 aromatic rings. The van der Waals surface area contributed by atoms with Gasteiger partial charge >= 0.3 is 0 Å². The zero-order valence-electron chi connectivity index (χ0n) is 17.8. The van der Waals surface area contributed by atoms with Crippen molar-refractivity contribution in [1.29, 1.82) is 0 Å². The summed E-state index contributed by atoms with van der Waals surface area (Å²) >= 11 is 0. The van der Waals surface area contributed by atoms with Gasteiger partial charge in [-0.1, -0.05) is 42.0 Å². The van der Waals surface area contributed by atoms with E-state index in [9.17, 15) is 4.79 Å². The van der Waals surface area contributed by atoms with Gasteiger partial charge in [0.2, 0.25) is 0 Å². The predicted molar refractivity (Wildman–Crippen MR) is 122 cm³/mol. The van der Waals surface area contributed by atoms with E-state index in [1.807, 2.05) is 12.1 Å². The van der Waals surface area contributed by atoms with Crippen molar-refractivity contribution in [2.45, 2.75) is 58.0 Å². The van der Waals surface area contributed by atoms with Crippen LogP contribution in [0.15, 0.2) is 42.5 Å². The van der Waals surface area contributed by atoms with Gasteiger partial charge in [0.15, 0.2) is 0 Å². The van der Waals surface area contributed by atoms with Crippen LogP contribution in [0.25, 0.3) is 10.9 Å². The number of aromatic nitrogens is 1. The fourth-order valence-corrected chi connectivity index (χ4v) is 5.19. The largest absolute Gasteiger partial charge is 0.358 e. The first-order valence-electron chi connectivity index (χ1n) is 11.4. The average Bonchev–Trinajstić information content (AvgIpc) is 3.14. The zero-order chi connectivity index (χ0) is 20.5. The minimum absolute atomic E-state index is 0.0660. The summed E-state index contributed by atoms with van der Waals surface area (Å²) in [5.41, 5.74) is 7.27. The molecule has 0 atom stereocenters. The second-order valence-electron chi connectivity index (χ2n) is 9.03. The minimum atomic E-state index is 0.0660. The lowest BCUT2D eigenvalue weighted by Gasteiger charge is -2.32. The Morgan fingerprint density at radius 3 is 2.73 bits per heavy atom. The van der Waals surface area contributed by atoms with Gasteiger partial charge < -0.3 is 10.3 Å². The number of nitrogens with one attached hydrogen (secondary N) is 2. The van der Waals surface area contributed by atoms with Crippen LogP contribution in [0.1, 0.15) is 58.4 Å². The van der Waals surface area contributed by atoms with Gasteiger partial charge in [-0.25, -0.2) is 0 Å². The van der Waals surface area contributed by atoms with Crippen molar-refractivity contribution >= 4 is 16.8 Å². The van der Waals surface area contributed by atoms with Crippen molar-refractivity contribution in [1.82, 2.24) is 15.2 Å². The van der Waals surface area contributed by atoms with Gasteiger partial charge in [-0.15, -0.1) is 0 Å². The number of likely N-dealkylation sites (tertiary alicyclic amines) is 1. The number of aromatic amines is 1. The third kappa shape index (κ3) is 3.89. The summed E-state index contributed by atoms with van der Waals surface area (Å²) in [7, 11) is 0. The topological polar surface area (TPSA) is 48.1 Å². The van der Waals surface area contributed by atoms with Crippen molar-refractivity contribution in [2.75, 3.05) is 13.1 Å². The Balaban J connectivity index is 1.23. The quantitative estimate of drug-likeness (QED) is 0.663. The normalized spacial score (nSPS) is 17.8. The van der Waals surface area contributed by atoms with E-state index in [1.165, 1.54) is 40.6 Å². The molecule has 0 bridgehead atoms. The molecule has 0 spiro atoms.